The molecule has 17 heavy (non-hydrogen) atoms. The predicted molar refractivity (Wildman–Crippen MR) is 72.6 cm³/mol. The Morgan fingerprint density at radius 1 is 1.12 bits per heavy atom. The number of fused-ring (bicyclic) bond motifs is 1. The van der Waals surface area contributed by atoms with Gasteiger partial charge < -0.3 is 10.6 Å². The highest BCUT2D eigenvalue weighted by atomic mass is 14.9. The zero-order valence-corrected chi connectivity index (χ0v) is 10.7. The van der Waals surface area contributed by atoms with E-state index in [-0.39, 0.29) is 0 Å². The van der Waals surface area contributed by atoms with Crippen molar-refractivity contribution >= 4 is 5.69 Å². The fraction of sp³-hybridized carbons (Fsp3) is 0.600. The molecule has 1 aromatic rings. The minimum absolute atomic E-state index is 0.535. The Bertz CT molecular complexity index is 407. The first-order valence-electron chi connectivity index (χ1n) is 6.82. The van der Waals surface area contributed by atoms with Gasteiger partial charge in [-0.3, -0.25) is 0 Å². The van der Waals surface area contributed by atoms with Crippen LogP contribution in [0, 0.1) is 5.41 Å². The average molecular weight is 230 g/mol. The van der Waals surface area contributed by atoms with Crippen molar-refractivity contribution in [1.82, 2.24) is 5.32 Å². The highest BCUT2D eigenvalue weighted by Gasteiger charge is 2.41. The molecule has 1 fully saturated rings. The molecule has 2 nitrogen and oxygen atoms in total. The summed E-state index contributed by atoms with van der Waals surface area (Å²) >= 11 is 0. The van der Waals surface area contributed by atoms with Crippen LogP contribution in [-0.4, -0.2) is 20.1 Å². The summed E-state index contributed by atoms with van der Waals surface area (Å²) in [5, 5.41) is 6.93. The molecule has 92 valence electrons. The fourth-order valence-corrected chi connectivity index (χ4v) is 2.94. The van der Waals surface area contributed by atoms with Crippen LogP contribution in [0.4, 0.5) is 5.69 Å². The molecule has 2 aliphatic carbocycles. The van der Waals surface area contributed by atoms with Crippen molar-refractivity contribution in [2.45, 2.75) is 32.1 Å². The van der Waals surface area contributed by atoms with Crippen molar-refractivity contribution in [1.29, 1.82) is 0 Å². The molecule has 1 aromatic carbocycles. The summed E-state index contributed by atoms with van der Waals surface area (Å²) in [4.78, 5) is 0. The SMILES string of the molecule is CNCC1(CNc2ccc3c(c2)CCC3)CC1. The molecule has 0 aliphatic heterocycles. The number of nitrogens with one attached hydrogen (secondary N) is 2. The summed E-state index contributed by atoms with van der Waals surface area (Å²) < 4.78 is 0. The van der Waals surface area contributed by atoms with Crippen LogP contribution in [0.1, 0.15) is 30.4 Å². The van der Waals surface area contributed by atoms with E-state index in [9.17, 15) is 0 Å². The van der Waals surface area contributed by atoms with Gasteiger partial charge in [-0.1, -0.05) is 6.07 Å². The Hall–Kier alpha value is -1.02. The maximum atomic E-state index is 3.62. The molecule has 0 radical (unpaired) electrons. The normalized spacial score (nSPS) is 20.1. The third-order valence-corrected chi connectivity index (χ3v) is 4.27. The van der Waals surface area contributed by atoms with Crippen molar-refractivity contribution in [2.24, 2.45) is 5.41 Å². The van der Waals surface area contributed by atoms with Crippen LogP contribution < -0.4 is 10.6 Å². The van der Waals surface area contributed by atoms with Gasteiger partial charge in [0.05, 0.1) is 0 Å². The predicted octanol–water partition coefficient (Wildman–Crippen LogP) is 2.59. The van der Waals surface area contributed by atoms with Crippen LogP contribution in [0.5, 0.6) is 0 Å². The maximum absolute atomic E-state index is 3.62. The first kappa shape index (κ1) is 11.1. The zero-order valence-electron chi connectivity index (χ0n) is 10.7. The van der Waals surface area contributed by atoms with Crippen molar-refractivity contribution < 1.29 is 0 Å². The largest absolute Gasteiger partial charge is 0.384 e. The molecular formula is C15H22N2. The van der Waals surface area contributed by atoms with E-state index in [4.69, 9.17) is 0 Å². The molecule has 1 saturated carbocycles. The minimum atomic E-state index is 0.535. The molecule has 2 N–H and O–H groups in total. The molecule has 0 heterocycles. The molecule has 2 aliphatic rings. The highest BCUT2D eigenvalue weighted by molar-refractivity contribution is 5.50. The van der Waals surface area contributed by atoms with Gasteiger partial charge in [-0.15, -0.1) is 0 Å². The molecule has 0 unspecified atom stereocenters. The molecule has 0 amide bonds. The van der Waals surface area contributed by atoms with Crippen molar-refractivity contribution in [3.05, 3.63) is 29.3 Å². The lowest BCUT2D eigenvalue weighted by atomic mass is 10.1. The Morgan fingerprint density at radius 2 is 1.94 bits per heavy atom. The molecule has 0 spiro atoms. The summed E-state index contributed by atoms with van der Waals surface area (Å²) in [6.07, 6.45) is 6.62. The number of anilines is 1. The lowest BCUT2D eigenvalue weighted by Crippen LogP contribution is -2.26. The quantitative estimate of drug-likeness (QED) is 0.812. The number of hydrogen-bond acceptors (Lipinski definition) is 2. The van der Waals surface area contributed by atoms with Crippen LogP contribution in [0.2, 0.25) is 0 Å². The van der Waals surface area contributed by atoms with Gasteiger partial charge in [-0.2, -0.15) is 0 Å². The Balaban J connectivity index is 1.62. The average Bonchev–Trinajstić information content (AvgIpc) is 2.95. The topological polar surface area (TPSA) is 24.1 Å². The van der Waals surface area contributed by atoms with Crippen LogP contribution in [-0.2, 0) is 12.8 Å². The van der Waals surface area contributed by atoms with Crippen molar-refractivity contribution in [3.63, 3.8) is 0 Å². The smallest absolute Gasteiger partial charge is 0.0343 e. The van der Waals surface area contributed by atoms with Gasteiger partial charge in [0, 0.05) is 24.2 Å². The van der Waals surface area contributed by atoms with Crippen LogP contribution >= 0.6 is 0 Å². The second-order valence-corrected chi connectivity index (χ2v) is 5.72. The molecule has 0 aromatic heterocycles. The van der Waals surface area contributed by atoms with Gasteiger partial charge in [0.2, 0.25) is 0 Å². The molecule has 0 atom stereocenters. The first-order chi connectivity index (χ1) is 8.31. The lowest BCUT2D eigenvalue weighted by molar-refractivity contribution is 0.507. The molecule has 3 rings (SSSR count). The number of aryl methyl sites for hydroxylation is 2. The van der Waals surface area contributed by atoms with Gasteiger partial charge in [-0.05, 0) is 62.4 Å². The number of benzene rings is 1. The standard InChI is InChI=1S/C15H22N2/c1-16-10-15(7-8-15)11-17-14-6-5-12-3-2-4-13(12)9-14/h5-6,9,16-17H,2-4,7-8,10-11H2,1H3. The number of rotatable bonds is 5. The summed E-state index contributed by atoms with van der Waals surface area (Å²) in [6.45, 7) is 2.26. The van der Waals surface area contributed by atoms with Gasteiger partial charge in [-0.25, -0.2) is 0 Å². The molecule has 0 saturated heterocycles. The monoisotopic (exact) mass is 230 g/mol. The summed E-state index contributed by atoms with van der Waals surface area (Å²) in [7, 11) is 2.05. The van der Waals surface area contributed by atoms with E-state index in [0.29, 0.717) is 5.41 Å². The van der Waals surface area contributed by atoms with Gasteiger partial charge in [0.1, 0.15) is 0 Å². The molecular weight excluding hydrogens is 208 g/mol. The number of hydrogen-bond donors (Lipinski definition) is 2. The van der Waals surface area contributed by atoms with Gasteiger partial charge in [0.25, 0.3) is 0 Å². The van der Waals surface area contributed by atoms with E-state index >= 15 is 0 Å². The minimum Gasteiger partial charge on any atom is -0.384 e. The summed E-state index contributed by atoms with van der Waals surface area (Å²) in [6, 6.07) is 6.92. The van der Waals surface area contributed by atoms with E-state index in [1.165, 1.54) is 37.8 Å². The third kappa shape index (κ3) is 2.32. The first-order valence-corrected chi connectivity index (χ1v) is 6.82. The second-order valence-electron chi connectivity index (χ2n) is 5.72. The van der Waals surface area contributed by atoms with Gasteiger partial charge in [0.15, 0.2) is 0 Å². The van der Waals surface area contributed by atoms with E-state index in [2.05, 4.69) is 35.9 Å². The van der Waals surface area contributed by atoms with E-state index in [1.54, 1.807) is 11.1 Å². The molecule has 2 heteroatoms. The fourth-order valence-electron chi connectivity index (χ4n) is 2.94. The van der Waals surface area contributed by atoms with Crippen LogP contribution in [0.15, 0.2) is 18.2 Å². The summed E-state index contributed by atoms with van der Waals surface area (Å²) in [5.74, 6) is 0. The third-order valence-electron chi connectivity index (χ3n) is 4.27. The molecule has 0 bridgehead atoms. The lowest BCUT2D eigenvalue weighted by Gasteiger charge is -2.16. The van der Waals surface area contributed by atoms with Crippen LogP contribution in [0.25, 0.3) is 0 Å². The van der Waals surface area contributed by atoms with Crippen molar-refractivity contribution in [2.75, 3.05) is 25.5 Å². The Labute approximate surface area is 104 Å². The summed E-state index contributed by atoms with van der Waals surface area (Å²) in [5.41, 5.74) is 4.97. The van der Waals surface area contributed by atoms with Crippen LogP contribution in [0.3, 0.4) is 0 Å². The highest BCUT2D eigenvalue weighted by Crippen LogP contribution is 2.45. The van der Waals surface area contributed by atoms with E-state index in [1.807, 2.05) is 0 Å². The second kappa shape index (κ2) is 4.34. The van der Waals surface area contributed by atoms with E-state index < -0.39 is 0 Å². The zero-order chi connectivity index (χ0) is 11.7. The van der Waals surface area contributed by atoms with Gasteiger partial charge >= 0.3 is 0 Å². The van der Waals surface area contributed by atoms with E-state index in [0.717, 1.165) is 13.1 Å². The van der Waals surface area contributed by atoms with Crippen molar-refractivity contribution in [3.8, 4) is 0 Å². The Morgan fingerprint density at radius 3 is 2.71 bits per heavy atom. The Kier molecular flexibility index (Phi) is 2.83. The maximum Gasteiger partial charge on any atom is 0.0343 e.